The Kier molecular flexibility index (Phi) is 8.07. The summed E-state index contributed by atoms with van der Waals surface area (Å²) < 4.78 is 18.8. The van der Waals surface area contributed by atoms with Crippen molar-refractivity contribution in [3.05, 3.63) is 92.1 Å². The van der Waals surface area contributed by atoms with Crippen molar-refractivity contribution in [1.82, 2.24) is 5.43 Å². The molecule has 0 fully saturated rings. The molecular weight excluding hydrogens is 596 g/mol. The predicted octanol–water partition coefficient (Wildman–Crippen LogP) is 6.40. The Hall–Kier alpha value is -3.63. The molecule has 1 amide bonds. The molecule has 1 heterocycles. The molecule has 4 rings (SSSR count). The molecule has 0 bridgehead atoms. The van der Waals surface area contributed by atoms with Crippen LogP contribution < -0.4 is 14.9 Å². The van der Waals surface area contributed by atoms with Crippen LogP contribution in [0.15, 0.2) is 79.1 Å². The third-order valence-corrected chi connectivity index (χ3v) is 6.05. The lowest BCUT2D eigenvalue weighted by Crippen LogP contribution is -2.16. The summed E-state index contributed by atoms with van der Waals surface area (Å²) in [6.07, 6.45) is 1.49. The lowest BCUT2D eigenvalue weighted by molar-refractivity contribution is 0.0696. The summed E-state index contributed by atoms with van der Waals surface area (Å²) >= 11 is 6.84. The maximum absolute atomic E-state index is 12.5. The number of carboxylic acids is 1. The van der Waals surface area contributed by atoms with Gasteiger partial charge in [-0.1, -0.05) is 28.1 Å². The number of furan rings is 1. The average molecular weight is 616 g/mol. The van der Waals surface area contributed by atoms with E-state index >= 15 is 0 Å². The van der Waals surface area contributed by atoms with Crippen LogP contribution in [-0.4, -0.2) is 29.8 Å². The number of carboxylic acid groups (broad SMARTS) is 1. The van der Waals surface area contributed by atoms with Crippen LogP contribution >= 0.6 is 31.9 Å². The highest BCUT2D eigenvalue weighted by atomic mass is 79.9. The number of hydrogen-bond acceptors (Lipinski definition) is 6. The second-order valence-corrected chi connectivity index (χ2v) is 9.32. The minimum absolute atomic E-state index is 0.135. The number of aromatic carboxylic acids is 1. The highest BCUT2D eigenvalue weighted by Gasteiger charge is 2.14. The van der Waals surface area contributed by atoms with Gasteiger partial charge in [-0.3, -0.25) is 4.79 Å². The van der Waals surface area contributed by atoms with E-state index in [1.165, 1.54) is 18.3 Å². The van der Waals surface area contributed by atoms with Crippen molar-refractivity contribution in [3.8, 4) is 11.5 Å². The molecule has 0 unspecified atom stereocenters. The summed E-state index contributed by atoms with van der Waals surface area (Å²) in [6, 6.07) is 17.1. The SMILES string of the molecule is CCOc1cc(/C=N\NC(=O)c2cc3cc(Br)cc(Br)c3o2)ccc1OCc1ccc(C(=O)O)cc1. The van der Waals surface area contributed by atoms with Crippen LogP contribution in [0.3, 0.4) is 0 Å². The van der Waals surface area contributed by atoms with Gasteiger partial charge in [0, 0.05) is 9.86 Å². The van der Waals surface area contributed by atoms with Crippen LogP contribution in [0.4, 0.5) is 0 Å². The molecule has 10 heteroatoms. The zero-order chi connectivity index (χ0) is 25.7. The van der Waals surface area contributed by atoms with Crippen LogP contribution in [0.5, 0.6) is 11.5 Å². The first-order valence-corrected chi connectivity index (χ1v) is 12.4. The van der Waals surface area contributed by atoms with E-state index in [0.717, 1.165) is 19.9 Å². The number of benzene rings is 3. The van der Waals surface area contributed by atoms with Crippen LogP contribution in [0.25, 0.3) is 11.0 Å². The second kappa shape index (κ2) is 11.4. The molecule has 3 aromatic carbocycles. The van der Waals surface area contributed by atoms with Crippen molar-refractivity contribution < 1.29 is 28.6 Å². The van der Waals surface area contributed by atoms with Crippen molar-refractivity contribution in [2.75, 3.05) is 6.61 Å². The van der Waals surface area contributed by atoms with Gasteiger partial charge in [-0.05, 0) is 82.5 Å². The maximum Gasteiger partial charge on any atom is 0.335 e. The number of ether oxygens (including phenoxy) is 2. The molecule has 36 heavy (non-hydrogen) atoms. The van der Waals surface area contributed by atoms with Gasteiger partial charge in [0.25, 0.3) is 0 Å². The van der Waals surface area contributed by atoms with E-state index in [1.54, 1.807) is 36.4 Å². The standard InChI is InChI=1S/C26H20Br2N2O6/c1-2-34-22-9-16(5-8-21(22)35-14-15-3-6-17(7-4-15)26(32)33)13-29-30-25(31)23-11-18-10-19(27)12-20(28)24(18)36-23/h3-13H,2,14H2,1H3,(H,30,31)(H,32,33)/b29-13-. The Morgan fingerprint density at radius 2 is 1.81 bits per heavy atom. The van der Waals surface area contributed by atoms with Gasteiger partial charge in [0.05, 0.1) is 22.9 Å². The van der Waals surface area contributed by atoms with Crippen LogP contribution in [0.2, 0.25) is 0 Å². The summed E-state index contributed by atoms with van der Waals surface area (Å²) in [6.45, 7) is 2.53. The number of rotatable bonds is 9. The normalized spacial score (nSPS) is 11.1. The fourth-order valence-electron chi connectivity index (χ4n) is 3.31. The molecule has 4 aromatic rings. The molecule has 8 nitrogen and oxygen atoms in total. The molecule has 0 aliphatic carbocycles. The fourth-order valence-corrected chi connectivity index (χ4v) is 4.64. The predicted molar refractivity (Wildman–Crippen MR) is 142 cm³/mol. The van der Waals surface area contributed by atoms with E-state index in [9.17, 15) is 9.59 Å². The van der Waals surface area contributed by atoms with Gasteiger partial charge in [0.15, 0.2) is 17.3 Å². The molecule has 0 saturated carbocycles. The van der Waals surface area contributed by atoms with Crippen molar-refractivity contribution >= 4 is 60.9 Å². The third kappa shape index (κ3) is 6.13. The minimum Gasteiger partial charge on any atom is -0.490 e. The van der Waals surface area contributed by atoms with E-state index in [2.05, 4.69) is 42.4 Å². The first-order chi connectivity index (χ1) is 17.3. The number of nitrogens with zero attached hydrogens (tertiary/aromatic N) is 1. The van der Waals surface area contributed by atoms with Crippen molar-refractivity contribution in [2.45, 2.75) is 13.5 Å². The molecule has 2 N–H and O–H groups in total. The third-order valence-electron chi connectivity index (χ3n) is 5.00. The quantitative estimate of drug-likeness (QED) is 0.167. The molecule has 0 aliphatic heterocycles. The van der Waals surface area contributed by atoms with Gasteiger partial charge in [0.1, 0.15) is 12.2 Å². The molecule has 1 aromatic heterocycles. The lowest BCUT2D eigenvalue weighted by Gasteiger charge is -2.12. The average Bonchev–Trinajstić information content (AvgIpc) is 3.28. The summed E-state index contributed by atoms with van der Waals surface area (Å²) in [5, 5.41) is 13.8. The zero-order valence-electron chi connectivity index (χ0n) is 19.0. The second-order valence-electron chi connectivity index (χ2n) is 7.55. The Bertz CT molecular complexity index is 1450. The van der Waals surface area contributed by atoms with Gasteiger partial charge >= 0.3 is 11.9 Å². The summed E-state index contributed by atoms with van der Waals surface area (Å²) in [7, 11) is 0. The number of carbonyl (C=O) groups is 2. The maximum atomic E-state index is 12.5. The molecule has 0 spiro atoms. The van der Waals surface area contributed by atoms with Crippen molar-refractivity contribution in [1.29, 1.82) is 0 Å². The van der Waals surface area contributed by atoms with Gasteiger partial charge < -0.3 is 19.0 Å². The van der Waals surface area contributed by atoms with E-state index in [-0.39, 0.29) is 17.9 Å². The number of carbonyl (C=O) groups excluding carboxylic acids is 1. The zero-order valence-corrected chi connectivity index (χ0v) is 22.1. The minimum atomic E-state index is -0.978. The Morgan fingerprint density at radius 1 is 1.03 bits per heavy atom. The smallest absolute Gasteiger partial charge is 0.335 e. The fraction of sp³-hybridized carbons (Fsp3) is 0.115. The van der Waals surface area contributed by atoms with E-state index in [0.29, 0.717) is 29.3 Å². The monoisotopic (exact) mass is 614 g/mol. The number of amides is 1. The van der Waals surface area contributed by atoms with E-state index in [4.69, 9.17) is 19.0 Å². The van der Waals surface area contributed by atoms with Gasteiger partial charge in [-0.25, -0.2) is 10.2 Å². The summed E-state index contributed by atoms with van der Waals surface area (Å²) in [5.41, 5.74) is 4.76. The van der Waals surface area contributed by atoms with Crippen LogP contribution in [-0.2, 0) is 6.61 Å². The van der Waals surface area contributed by atoms with Crippen molar-refractivity contribution in [3.63, 3.8) is 0 Å². The van der Waals surface area contributed by atoms with Crippen molar-refractivity contribution in [2.24, 2.45) is 5.10 Å². The van der Waals surface area contributed by atoms with Crippen LogP contribution in [0.1, 0.15) is 39.0 Å². The Labute approximate surface area is 223 Å². The molecule has 0 saturated heterocycles. The first kappa shape index (κ1) is 25.5. The number of halogens is 2. The molecule has 0 radical (unpaired) electrons. The topological polar surface area (TPSA) is 110 Å². The lowest BCUT2D eigenvalue weighted by atomic mass is 10.1. The number of hydrogen-bond donors (Lipinski definition) is 2. The summed E-state index contributed by atoms with van der Waals surface area (Å²) in [4.78, 5) is 23.5. The van der Waals surface area contributed by atoms with E-state index < -0.39 is 11.9 Å². The van der Waals surface area contributed by atoms with E-state index in [1.807, 2.05) is 19.1 Å². The largest absolute Gasteiger partial charge is 0.490 e. The van der Waals surface area contributed by atoms with Gasteiger partial charge in [-0.2, -0.15) is 5.10 Å². The number of nitrogens with one attached hydrogen (secondary N) is 1. The number of hydrazone groups is 1. The number of fused-ring (bicyclic) bond motifs is 1. The Morgan fingerprint density at radius 3 is 2.53 bits per heavy atom. The van der Waals surface area contributed by atoms with Gasteiger partial charge in [0.2, 0.25) is 0 Å². The van der Waals surface area contributed by atoms with Gasteiger partial charge in [-0.15, -0.1) is 0 Å². The first-order valence-electron chi connectivity index (χ1n) is 10.8. The molecule has 184 valence electrons. The molecular formula is C26H20Br2N2O6. The summed E-state index contributed by atoms with van der Waals surface area (Å²) in [5.74, 6) is -0.282. The molecule has 0 aliphatic rings. The Balaban J connectivity index is 1.41. The highest BCUT2D eigenvalue weighted by Crippen LogP contribution is 2.31. The highest BCUT2D eigenvalue weighted by molar-refractivity contribution is 9.11. The van der Waals surface area contributed by atoms with Crippen LogP contribution in [0, 0.1) is 0 Å². The molecule has 0 atom stereocenters.